The van der Waals surface area contributed by atoms with Crippen LogP contribution < -0.4 is 10.3 Å². The van der Waals surface area contributed by atoms with Crippen molar-refractivity contribution in [3.8, 4) is 0 Å². The van der Waals surface area contributed by atoms with Crippen molar-refractivity contribution in [3.05, 3.63) is 28.2 Å². The second-order valence-corrected chi connectivity index (χ2v) is 4.78. The smallest absolute Gasteiger partial charge is 0.240 e. The van der Waals surface area contributed by atoms with E-state index in [0.29, 0.717) is 28.8 Å². The highest BCUT2D eigenvalue weighted by molar-refractivity contribution is 6.42. The first kappa shape index (κ1) is 13.5. The van der Waals surface area contributed by atoms with Crippen LogP contribution in [-0.2, 0) is 4.79 Å². The minimum absolute atomic E-state index is 0.0776. The number of amides is 1. The molecule has 1 aliphatic rings. The van der Waals surface area contributed by atoms with E-state index in [1.54, 1.807) is 17.1 Å². The standard InChI is InChI=1S/C11H10Cl3N3O/c12-6-11(18)15-10-3-4-17(16-10)7-1-2-8(13)9(14)5-7/h1-2,5H,3-4,6H2,(H,15,16,18). The zero-order valence-corrected chi connectivity index (χ0v) is 11.6. The van der Waals surface area contributed by atoms with Crippen molar-refractivity contribution in [3.63, 3.8) is 0 Å². The van der Waals surface area contributed by atoms with Gasteiger partial charge in [0.25, 0.3) is 0 Å². The third kappa shape index (κ3) is 3.07. The van der Waals surface area contributed by atoms with Crippen LogP contribution in [0.3, 0.4) is 0 Å². The second-order valence-electron chi connectivity index (χ2n) is 3.70. The van der Waals surface area contributed by atoms with Crippen molar-refractivity contribution in [2.75, 3.05) is 17.4 Å². The number of hydrogen-bond acceptors (Lipinski definition) is 3. The zero-order chi connectivity index (χ0) is 13.1. The molecule has 0 fully saturated rings. The zero-order valence-electron chi connectivity index (χ0n) is 9.29. The number of alkyl halides is 1. The number of benzene rings is 1. The first-order valence-corrected chi connectivity index (χ1v) is 6.55. The molecular formula is C11H10Cl3N3O. The summed E-state index contributed by atoms with van der Waals surface area (Å²) in [5.74, 6) is 0.268. The minimum Gasteiger partial charge on any atom is -0.312 e. The molecule has 0 unspecified atom stereocenters. The van der Waals surface area contributed by atoms with Crippen molar-refractivity contribution < 1.29 is 4.79 Å². The fourth-order valence-electron chi connectivity index (χ4n) is 1.57. The van der Waals surface area contributed by atoms with Crippen LogP contribution in [-0.4, -0.2) is 24.2 Å². The maximum Gasteiger partial charge on any atom is 0.240 e. The molecule has 1 heterocycles. The van der Waals surface area contributed by atoms with Gasteiger partial charge in [0.1, 0.15) is 11.7 Å². The molecule has 4 nitrogen and oxygen atoms in total. The fraction of sp³-hybridized carbons (Fsp3) is 0.273. The Morgan fingerprint density at radius 2 is 2.17 bits per heavy atom. The second kappa shape index (κ2) is 5.78. The van der Waals surface area contributed by atoms with Crippen LogP contribution in [0.5, 0.6) is 0 Å². The average molecular weight is 307 g/mol. The van der Waals surface area contributed by atoms with Gasteiger partial charge >= 0.3 is 0 Å². The first-order chi connectivity index (χ1) is 8.60. The molecule has 1 aromatic rings. The van der Waals surface area contributed by atoms with Crippen LogP contribution in [0, 0.1) is 0 Å². The molecule has 0 saturated carbocycles. The molecular weight excluding hydrogens is 297 g/mol. The average Bonchev–Trinajstić information content (AvgIpc) is 2.81. The maximum atomic E-state index is 11.1. The molecule has 0 atom stereocenters. The van der Waals surface area contributed by atoms with Crippen LogP contribution in [0.15, 0.2) is 23.3 Å². The van der Waals surface area contributed by atoms with E-state index in [2.05, 4.69) is 10.4 Å². The van der Waals surface area contributed by atoms with Gasteiger partial charge in [-0.3, -0.25) is 9.80 Å². The lowest BCUT2D eigenvalue weighted by Crippen LogP contribution is -2.30. The van der Waals surface area contributed by atoms with Crippen molar-refractivity contribution >= 4 is 52.2 Å². The maximum absolute atomic E-state index is 11.1. The number of nitrogens with one attached hydrogen (secondary N) is 1. The lowest BCUT2D eigenvalue weighted by atomic mass is 10.3. The van der Waals surface area contributed by atoms with Gasteiger partial charge in [-0.05, 0) is 18.2 Å². The number of amidine groups is 1. The summed E-state index contributed by atoms with van der Waals surface area (Å²) < 4.78 is 0. The van der Waals surface area contributed by atoms with Gasteiger partial charge in [0, 0.05) is 13.0 Å². The number of carbonyl (C=O) groups excluding carboxylic acids is 1. The van der Waals surface area contributed by atoms with Crippen molar-refractivity contribution in [1.29, 1.82) is 0 Å². The Bertz CT molecular complexity index is 504. The topological polar surface area (TPSA) is 44.7 Å². The van der Waals surface area contributed by atoms with E-state index in [-0.39, 0.29) is 11.8 Å². The van der Waals surface area contributed by atoms with E-state index in [1.807, 2.05) is 6.07 Å². The van der Waals surface area contributed by atoms with Gasteiger partial charge in [-0.25, -0.2) is 0 Å². The fourth-order valence-corrected chi connectivity index (χ4v) is 1.93. The summed E-state index contributed by atoms with van der Waals surface area (Å²) in [5, 5.41) is 9.64. The molecule has 1 aliphatic heterocycles. The molecule has 0 spiro atoms. The normalized spacial score (nSPS) is 14.6. The van der Waals surface area contributed by atoms with E-state index >= 15 is 0 Å². The SMILES string of the molecule is O=C(CCl)NC1=NN(c2ccc(Cl)c(Cl)c2)CC1. The number of anilines is 1. The van der Waals surface area contributed by atoms with Gasteiger partial charge in [0.05, 0.1) is 15.7 Å². The number of nitrogens with zero attached hydrogens (tertiary/aromatic N) is 2. The summed E-state index contributed by atoms with van der Waals surface area (Å²) in [6, 6.07) is 5.27. The van der Waals surface area contributed by atoms with Gasteiger partial charge in [0.15, 0.2) is 0 Å². The molecule has 96 valence electrons. The van der Waals surface area contributed by atoms with Gasteiger partial charge in [-0.1, -0.05) is 23.2 Å². The Labute approximate surface area is 119 Å². The summed E-state index contributed by atoms with van der Waals surface area (Å²) in [5.41, 5.74) is 0.833. The summed E-state index contributed by atoms with van der Waals surface area (Å²) in [4.78, 5) is 11.1. The summed E-state index contributed by atoms with van der Waals surface area (Å²) in [6.45, 7) is 0.676. The van der Waals surface area contributed by atoms with Crippen molar-refractivity contribution in [2.45, 2.75) is 6.42 Å². The van der Waals surface area contributed by atoms with E-state index in [1.165, 1.54) is 0 Å². The minimum atomic E-state index is -0.258. The van der Waals surface area contributed by atoms with E-state index in [0.717, 1.165) is 5.69 Å². The molecule has 0 aliphatic carbocycles. The van der Waals surface area contributed by atoms with Crippen LogP contribution in [0.25, 0.3) is 0 Å². The Morgan fingerprint density at radius 3 is 2.83 bits per heavy atom. The molecule has 1 amide bonds. The predicted molar refractivity (Wildman–Crippen MR) is 74.7 cm³/mol. The lowest BCUT2D eigenvalue weighted by Gasteiger charge is -2.13. The van der Waals surface area contributed by atoms with E-state index < -0.39 is 0 Å². The number of carbonyl (C=O) groups is 1. The molecule has 0 saturated heterocycles. The Balaban J connectivity index is 2.11. The number of halogens is 3. The number of hydrazone groups is 1. The molecule has 2 rings (SSSR count). The molecule has 1 N–H and O–H groups in total. The molecule has 7 heteroatoms. The molecule has 0 aromatic heterocycles. The third-order valence-corrected chi connectivity index (χ3v) is 3.39. The van der Waals surface area contributed by atoms with Crippen molar-refractivity contribution in [2.24, 2.45) is 5.10 Å². The van der Waals surface area contributed by atoms with Crippen molar-refractivity contribution in [1.82, 2.24) is 5.32 Å². The quantitative estimate of drug-likeness (QED) is 0.854. The predicted octanol–water partition coefficient (Wildman–Crippen LogP) is 2.87. The number of rotatable bonds is 2. The molecule has 0 bridgehead atoms. The Morgan fingerprint density at radius 1 is 1.39 bits per heavy atom. The summed E-state index contributed by atoms with van der Waals surface area (Å²) in [7, 11) is 0. The van der Waals surface area contributed by atoms with Crippen LogP contribution in [0.1, 0.15) is 6.42 Å². The molecule has 18 heavy (non-hydrogen) atoms. The number of hydrogen-bond donors (Lipinski definition) is 1. The Hall–Kier alpha value is -0.970. The monoisotopic (exact) mass is 305 g/mol. The largest absolute Gasteiger partial charge is 0.312 e. The van der Waals surface area contributed by atoms with Gasteiger partial charge in [-0.2, -0.15) is 5.10 Å². The highest BCUT2D eigenvalue weighted by atomic mass is 35.5. The highest BCUT2D eigenvalue weighted by Crippen LogP contribution is 2.28. The first-order valence-electron chi connectivity index (χ1n) is 5.26. The third-order valence-electron chi connectivity index (χ3n) is 2.41. The Kier molecular flexibility index (Phi) is 4.32. The summed E-state index contributed by atoms with van der Waals surface area (Å²) >= 11 is 17.2. The van der Waals surface area contributed by atoms with Crippen LogP contribution >= 0.6 is 34.8 Å². The van der Waals surface area contributed by atoms with Crippen LogP contribution in [0.2, 0.25) is 10.0 Å². The van der Waals surface area contributed by atoms with Gasteiger partial charge in [-0.15, -0.1) is 11.6 Å². The molecule has 1 aromatic carbocycles. The highest BCUT2D eigenvalue weighted by Gasteiger charge is 2.17. The molecule has 0 radical (unpaired) electrons. The van der Waals surface area contributed by atoms with Gasteiger partial charge < -0.3 is 5.32 Å². The van der Waals surface area contributed by atoms with E-state index in [4.69, 9.17) is 34.8 Å². The van der Waals surface area contributed by atoms with E-state index in [9.17, 15) is 4.79 Å². The van der Waals surface area contributed by atoms with Crippen LogP contribution in [0.4, 0.5) is 5.69 Å². The lowest BCUT2D eigenvalue weighted by molar-refractivity contribution is -0.117. The summed E-state index contributed by atoms with van der Waals surface area (Å²) in [6.07, 6.45) is 0.656. The van der Waals surface area contributed by atoms with Gasteiger partial charge in [0.2, 0.25) is 5.91 Å².